The predicted octanol–water partition coefficient (Wildman–Crippen LogP) is 5.51. The molecule has 2 N–H and O–H groups in total. The lowest BCUT2D eigenvalue weighted by molar-refractivity contribution is -0.0179. The lowest BCUT2D eigenvalue weighted by atomic mass is 9.96. The highest BCUT2D eigenvalue weighted by Gasteiger charge is 2.34. The van der Waals surface area contributed by atoms with Crippen molar-refractivity contribution in [3.8, 4) is 11.1 Å². The minimum absolute atomic E-state index is 0.171. The van der Waals surface area contributed by atoms with Crippen LogP contribution in [0.1, 0.15) is 29.9 Å². The molecule has 0 fully saturated rings. The number of aromatic nitrogens is 1. The van der Waals surface area contributed by atoms with Crippen LogP contribution in [0.3, 0.4) is 0 Å². The van der Waals surface area contributed by atoms with Gasteiger partial charge in [0, 0.05) is 55.3 Å². The summed E-state index contributed by atoms with van der Waals surface area (Å²) >= 11 is 0. The summed E-state index contributed by atoms with van der Waals surface area (Å²) in [6.07, 6.45) is -0.429. The molecule has 2 heterocycles. The number of anilines is 1. The van der Waals surface area contributed by atoms with E-state index in [-0.39, 0.29) is 43.4 Å². The highest BCUT2D eigenvalue weighted by atomic mass is 19.1. The van der Waals surface area contributed by atoms with Crippen molar-refractivity contribution in [2.24, 2.45) is 13.0 Å². The molecule has 3 amide bonds. The molecule has 0 bridgehead atoms. The normalized spacial score (nSPS) is 18.1. The monoisotopic (exact) mass is 572 g/mol. The summed E-state index contributed by atoms with van der Waals surface area (Å²) in [5.74, 6) is -0.741. The molecule has 5 rings (SSSR count). The number of carbonyl (C=O) groups excluding carboxylic acids is 2. The van der Waals surface area contributed by atoms with Gasteiger partial charge in [0.05, 0.1) is 25.4 Å². The number of hydrogen-bond acceptors (Lipinski definition) is 4. The summed E-state index contributed by atoms with van der Waals surface area (Å²) < 4.78 is 21.8. The number of ether oxygens (including phenoxy) is 1. The van der Waals surface area contributed by atoms with E-state index in [1.807, 2.05) is 74.0 Å². The van der Waals surface area contributed by atoms with Gasteiger partial charge in [0.15, 0.2) is 0 Å². The topological polar surface area (TPSA) is 87.0 Å². The Kier molecular flexibility index (Phi) is 8.61. The van der Waals surface area contributed by atoms with Crippen LogP contribution < -0.4 is 5.32 Å². The number of nitrogens with one attached hydrogen (secondary N) is 1. The van der Waals surface area contributed by atoms with E-state index in [9.17, 15) is 19.1 Å². The fourth-order valence-corrected chi connectivity index (χ4v) is 5.63. The second-order valence-electron chi connectivity index (χ2n) is 11.1. The van der Waals surface area contributed by atoms with E-state index in [1.165, 1.54) is 29.2 Å². The molecular formula is C33H37FN4O4. The fraction of sp³-hybridized carbons (Fsp3) is 0.333. The first-order chi connectivity index (χ1) is 20.2. The molecule has 3 aromatic carbocycles. The quantitative estimate of drug-likeness (QED) is 0.330. The number of urea groups is 1. The van der Waals surface area contributed by atoms with Gasteiger partial charge in [-0.15, -0.1) is 0 Å². The first-order valence-electron chi connectivity index (χ1n) is 14.2. The van der Waals surface area contributed by atoms with Crippen LogP contribution in [0.5, 0.6) is 0 Å². The average Bonchev–Trinajstić information content (AvgIpc) is 3.29. The number of halogens is 1. The summed E-state index contributed by atoms with van der Waals surface area (Å²) in [6, 6.07) is 20.7. The number of nitrogens with zero attached hydrogens (tertiary/aromatic N) is 3. The number of fused-ring (bicyclic) bond motifs is 5. The summed E-state index contributed by atoms with van der Waals surface area (Å²) in [4.78, 5) is 30.7. The molecule has 9 heteroatoms. The second kappa shape index (κ2) is 12.3. The summed E-state index contributed by atoms with van der Waals surface area (Å²) in [5.41, 5.74) is 4.67. The average molecular weight is 573 g/mol. The highest BCUT2D eigenvalue weighted by Crippen LogP contribution is 2.38. The molecule has 1 aliphatic rings. The first-order valence-corrected chi connectivity index (χ1v) is 14.2. The largest absolute Gasteiger partial charge is 0.394 e. The van der Waals surface area contributed by atoms with Crippen molar-refractivity contribution in [3.63, 3.8) is 0 Å². The smallest absolute Gasteiger partial charge is 0.321 e. The fourth-order valence-electron chi connectivity index (χ4n) is 5.63. The van der Waals surface area contributed by atoms with Crippen LogP contribution >= 0.6 is 0 Å². The Morgan fingerprint density at radius 1 is 1.12 bits per heavy atom. The zero-order chi connectivity index (χ0) is 30.0. The Morgan fingerprint density at radius 3 is 2.55 bits per heavy atom. The zero-order valence-electron chi connectivity index (χ0n) is 24.4. The van der Waals surface area contributed by atoms with E-state index in [1.54, 1.807) is 11.9 Å². The molecule has 1 aromatic heterocycles. The molecule has 4 aromatic rings. The van der Waals surface area contributed by atoms with E-state index in [2.05, 4.69) is 5.32 Å². The first kappa shape index (κ1) is 29.3. The molecule has 1 aliphatic heterocycles. The van der Waals surface area contributed by atoms with E-state index in [0.717, 1.165) is 27.6 Å². The third-order valence-corrected chi connectivity index (χ3v) is 8.12. The van der Waals surface area contributed by atoms with Gasteiger partial charge in [0.1, 0.15) is 11.5 Å². The van der Waals surface area contributed by atoms with Crippen LogP contribution in [0, 0.1) is 11.7 Å². The molecule has 0 radical (unpaired) electrons. The number of benzene rings is 3. The zero-order valence-corrected chi connectivity index (χ0v) is 24.4. The van der Waals surface area contributed by atoms with E-state index in [0.29, 0.717) is 17.9 Å². The summed E-state index contributed by atoms with van der Waals surface area (Å²) in [7, 11) is 3.58. The lowest BCUT2D eigenvalue weighted by Crippen LogP contribution is -2.48. The van der Waals surface area contributed by atoms with Crippen LogP contribution in [0.25, 0.3) is 22.0 Å². The van der Waals surface area contributed by atoms with Crippen LogP contribution in [0.2, 0.25) is 0 Å². The lowest BCUT2D eigenvalue weighted by Gasteiger charge is -2.35. The molecule has 3 atom stereocenters. The number of aliphatic hydroxyl groups excluding tert-OH is 1. The van der Waals surface area contributed by atoms with Crippen molar-refractivity contribution >= 4 is 28.5 Å². The van der Waals surface area contributed by atoms with Gasteiger partial charge in [-0.1, -0.05) is 49.4 Å². The van der Waals surface area contributed by atoms with Gasteiger partial charge < -0.3 is 29.5 Å². The molecule has 0 saturated carbocycles. The van der Waals surface area contributed by atoms with Gasteiger partial charge in [-0.25, -0.2) is 9.18 Å². The molecule has 0 unspecified atom stereocenters. The minimum atomic E-state index is -0.443. The standard InChI is InChI=1S/C33H37FN4O4/c1-21-17-38(22(2)19-39)32(40)31-30(27-11-7-8-12-28(27)37(31)4)26-10-6-5-9-23(26)20-42-29(21)18-36(3)33(41)35-25-15-13-24(34)14-16-25/h5-16,21-22,29,39H,17-20H2,1-4H3,(H,35,41)/t21-,22-,29+/m1/s1. The van der Waals surface area contributed by atoms with Gasteiger partial charge >= 0.3 is 6.03 Å². The molecule has 0 saturated heterocycles. The van der Waals surface area contributed by atoms with Crippen LogP contribution in [0.4, 0.5) is 14.9 Å². The van der Waals surface area contributed by atoms with Gasteiger partial charge in [-0.2, -0.15) is 0 Å². The van der Waals surface area contributed by atoms with Crippen molar-refractivity contribution in [1.82, 2.24) is 14.4 Å². The van der Waals surface area contributed by atoms with Gasteiger partial charge in [0.2, 0.25) is 0 Å². The Balaban J connectivity index is 1.53. The van der Waals surface area contributed by atoms with E-state index < -0.39 is 12.1 Å². The molecular weight excluding hydrogens is 535 g/mol. The number of carbonyl (C=O) groups is 2. The maximum absolute atomic E-state index is 14.4. The molecule has 42 heavy (non-hydrogen) atoms. The second-order valence-corrected chi connectivity index (χ2v) is 11.1. The number of para-hydroxylation sites is 1. The van der Waals surface area contributed by atoms with Crippen LogP contribution in [-0.2, 0) is 18.4 Å². The Bertz CT molecular complexity index is 1580. The van der Waals surface area contributed by atoms with Gasteiger partial charge in [-0.3, -0.25) is 4.79 Å². The summed E-state index contributed by atoms with van der Waals surface area (Å²) in [5, 5.41) is 13.9. The maximum Gasteiger partial charge on any atom is 0.321 e. The maximum atomic E-state index is 14.4. The minimum Gasteiger partial charge on any atom is -0.394 e. The number of hydrogen-bond donors (Lipinski definition) is 2. The predicted molar refractivity (Wildman–Crippen MR) is 162 cm³/mol. The number of aliphatic hydroxyl groups is 1. The summed E-state index contributed by atoms with van der Waals surface area (Å²) in [6.45, 7) is 4.48. The Labute approximate surface area is 245 Å². The van der Waals surface area contributed by atoms with Crippen LogP contribution in [-0.4, -0.2) is 70.3 Å². The number of aryl methyl sites for hydroxylation is 1. The third-order valence-electron chi connectivity index (χ3n) is 8.12. The molecule has 0 spiro atoms. The van der Waals surface area contributed by atoms with E-state index >= 15 is 0 Å². The van der Waals surface area contributed by atoms with Crippen molar-refractivity contribution in [1.29, 1.82) is 0 Å². The molecule has 8 nitrogen and oxygen atoms in total. The van der Waals surface area contributed by atoms with Crippen molar-refractivity contribution in [2.45, 2.75) is 32.6 Å². The molecule has 0 aliphatic carbocycles. The van der Waals surface area contributed by atoms with Gasteiger partial charge in [-0.05, 0) is 48.4 Å². The van der Waals surface area contributed by atoms with Crippen molar-refractivity contribution in [2.75, 3.05) is 32.1 Å². The van der Waals surface area contributed by atoms with Gasteiger partial charge in [0.25, 0.3) is 5.91 Å². The molecule has 220 valence electrons. The van der Waals surface area contributed by atoms with E-state index in [4.69, 9.17) is 4.74 Å². The number of amides is 3. The number of likely N-dealkylation sites (N-methyl/N-ethyl adjacent to an activating group) is 1. The van der Waals surface area contributed by atoms with Crippen molar-refractivity contribution < 1.29 is 23.8 Å². The SMILES string of the molecule is C[C@@H]1CN([C@H](C)CO)C(=O)c2c(c3ccccc3n2C)-c2ccccc2CO[C@H]1CN(C)C(=O)Nc1ccc(F)cc1. The Hall–Kier alpha value is -4.21. The van der Waals surface area contributed by atoms with Crippen LogP contribution in [0.15, 0.2) is 72.8 Å². The van der Waals surface area contributed by atoms with Crippen molar-refractivity contribution in [3.05, 3.63) is 89.9 Å². The third kappa shape index (κ3) is 5.75. The number of rotatable bonds is 5. The highest BCUT2D eigenvalue weighted by molar-refractivity contribution is 6.10. The Morgan fingerprint density at radius 2 is 1.81 bits per heavy atom.